The fourth-order valence-electron chi connectivity index (χ4n) is 2.30. The summed E-state index contributed by atoms with van der Waals surface area (Å²) in [7, 11) is 0. The molecule has 0 saturated carbocycles. The molecule has 1 N–H and O–H groups in total. The van der Waals surface area contributed by atoms with Gasteiger partial charge in [-0.1, -0.05) is 23.7 Å². The van der Waals surface area contributed by atoms with Gasteiger partial charge in [0.15, 0.2) is 11.6 Å². The van der Waals surface area contributed by atoms with Gasteiger partial charge in [-0.15, -0.1) is 0 Å². The summed E-state index contributed by atoms with van der Waals surface area (Å²) in [6.45, 7) is 0. The number of hydrogen-bond donors (Lipinski definition) is 1. The quantitative estimate of drug-likeness (QED) is 0.556. The second kappa shape index (κ2) is 4.79. The maximum absolute atomic E-state index is 5.90. The second-order valence-corrected chi connectivity index (χ2v) is 5.21. The van der Waals surface area contributed by atoms with Crippen molar-refractivity contribution in [2.75, 3.05) is 0 Å². The van der Waals surface area contributed by atoms with Gasteiger partial charge >= 0.3 is 0 Å². The first-order chi connectivity index (χ1) is 10.3. The molecule has 21 heavy (non-hydrogen) atoms. The van der Waals surface area contributed by atoms with Gasteiger partial charge in [0.2, 0.25) is 0 Å². The second-order valence-electron chi connectivity index (χ2n) is 4.77. The Labute approximate surface area is 126 Å². The maximum atomic E-state index is 5.90. The Morgan fingerprint density at radius 2 is 1.62 bits per heavy atom. The monoisotopic (exact) mass is 294 g/mol. The number of para-hydroxylation sites is 2. The third-order valence-corrected chi connectivity index (χ3v) is 3.61. The molecule has 0 radical (unpaired) electrons. The van der Waals surface area contributed by atoms with Crippen molar-refractivity contribution in [3.63, 3.8) is 0 Å². The van der Waals surface area contributed by atoms with Crippen molar-refractivity contribution in [3.05, 3.63) is 65.7 Å². The number of H-pyrrole nitrogens is 1. The molecule has 0 atom stereocenters. The highest BCUT2D eigenvalue weighted by molar-refractivity contribution is 6.30. The maximum Gasteiger partial charge on any atom is 0.174 e. The van der Waals surface area contributed by atoms with Gasteiger partial charge in [-0.05, 0) is 48.5 Å². The molecule has 102 valence electrons. The van der Waals surface area contributed by atoms with Crippen molar-refractivity contribution in [2.24, 2.45) is 0 Å². The molecule has 4 aromatic rings. The average Bonchev–Trinajstić information content (AvgIpc) is 3.14. The zero-order chi connectivity index (χ0) is 14.2. The zero-order valence-corrected chi connectivity index (χ0v) is 11.8. The Morgan fingerprint density at radius 3 is 2.43 bits per heavy atom. The highest BCUT2D eigenvalue weighted by atomic mass is 35.5. The summed E-state index contributed by atoms with van der Waals surface area (Å²) in [4.78, 5) is 7.79. The van der Waals surface area contributed by atoms with E-state index in [9.17, 15) is 0 Å². The molecule has 2 heterocycles. The highest BCUT2D eigenvalue weighted by Gasteiger charge is 2.10. The fraction of sp³-hybridized carbons (Fsp3) is 0. The van der Waals surface area contributed by atoms with Crippen molar-refractivity contribution in [2.45, 2.75) is 0 Å². The average molecular weight is 295 g/mol. The Hall–Kier alpha value is -2.52. The summed E-state index contributed by atoms with van der Waals surface area (Å²) in [6.07, 6.45) is 0. The summed E-state index contributed by atoms with van der Waals surface area (Å²) in [6, 6.07) is 19.3. The van der Waals surface area contributed by atoms with Crippen LogP contribution in [0.3, 0.4) is 0 Å². The van der Waals surface area contributed by atoms with E-state index in [0.717, 1.165) is 33.9 Å². The van der Waals surface area contributed by atoms with Crippen LogP contribution in [0.25, 0.3) is 33.9 Å². The van der Waals surface area contributed by atoms with E-state index < -0.39 is 0 Å². The van der Waals surface area contributed by atoms with E-state index in [2.05, 4.69) is 9.97 Å². The molecular weight excluding hydrogens is 284 g/mol. The summed E-state index contributed by atoms with van der Waals surface area (Å²) in [5.74, 6) is 2.25. The van der Waals surface area contributed by atoms with Gasteiger partial charge in [0, 0.05) is 10.6 Å². The third-order valence-electron chi connectivity index (χ3n) is 3.36. The molecule has 4 rings (SSSR count). The van der Waals surface area contributed by atoms with Gasteiger partial charge in [0.05, 0.1) is 11.0 Å². The van der Waals surface area contributed by atoms with E-state index in [1.54, 1.807) is 0 Å². The summed E-state index contributed by atoms with van der Waals surface area (Å²) >= 11 is 5.90. The number of rotatable bonds is 2. The molecule has 0 spiro atoms. The van der Waals surface area contributed by atoms with Crippen LogP contribution in [0.4, 0.5) is 0 Å². The predicted molar refractivity (Wildman–Crippen MR) is 84.2 cm³/mol. The lowest BCUT2D eigenvalue weighted by Gasteiger charge is -1.96. The Kier molecular flexibility index (Phi) is 2.79. The van der Waals surface area contributed by atoms with Crippen LogP contribution < -0.4 is 0 Å². The van der Waals surface area contributed by atoms with E-state index in [1.165, 1.54) is 0 Å². The number of benzene rings is 2. The largest absolute Gasteiger partial charge is 0.453 e. The predicted octanol–water partition coefficient (Wildman–Crippen LogP) is 5.14. The minimum absolute atomic E-state index is 0.711. The topological polar surface area (TPSA) is 41.8 Å². The lowest BCUT2D eigenvalue weighted by atomic mass is 10.2. The number of aromatic nitrogens is 2. The van der Waals surface area contributed by atoms with Crippen LogP contribution in [-0.2, 0) is 0 Å². The number of fused-ring (bicyclic) bond motifs is 1. The van der Waals surface area contributed by atoms with Crippen molar-refractivity contribution < 1.29 is 4.42 Å². The fourth-order valence-corrected chi connectivity index (χ4v) is 2.43. The smallest absolute Gasteiger partial charge is 0.174 e. The first-order valence-electron chi connectivity index (χ1n) is 6.60. The molecule has 2 aromatic carbocycles. The molecule has 4 heteroatoms. The van der Waals surface area contributed by atoms with Crippen molar-refractivity contribution >= 4 is 22.6 Å². The summed E-state index contributed by atoms with van der Waals surface area (Å²) in [5, 5.41) is 0.711. The molecule has 0 aliphatic heterocycles. The normalized spacial score (nSPS) is 11.1. The van der Waals surface area contributed by atoms with Crippen molar-refractivity contribution in [1.82, 2.24) is 9.97 Å². The van der Waals surface area contributed by atoms with Crippen LogP contribution >= 0.6 is 11.6 Å². The molecule has 0 bridgehead atoms. The van der Waals surface area contributed by atoms with Crippen molar-refractivity contribution in [3.8, 4) is 22.9 Å². The van der Waals surface area contributed by atoms with E-state index >= 15 is 0 Å². The van der Waals surface area contributed by atoms with Gasteiger partial charge in [-0.25, -0.2) is 4.98 Å². The number of halogens is 1. The molecule has 0 saturated heterocycles. The van der Waals surface area contributed by atoms with Crippen LogP contribution in [0, 0.1) is 0 Å². The lowest BCUT2D eigenvalue weighted by molar-refractivity contribution is 0.593. The van der Waals surface area contributed by atoms with Gasteiger partial charge in [0.1, 0.15) is 5.76 Å². The van der Waals surface area contributed by atoms with Crippen LogP contribution in [0.2, 0.25) is 5.02 Å². The SMILES string of the molecule is Clc1ccc(-c2ccc(-c3nc4ccccc4[nH]3)o2)cc1. The van der Waals surface area contributed by atoms with E-state index in [-0.39, 0.29) is 0 Å². The number of nitrogens with one attached hydrogen (secondary N) is 1. The Balaban J connectivity index is 1.75. The number of aromatic amines is 1. The van der Waals surface area contributed by atoms with Crippen LogP contribution in [0.15, 0.2) is 65.1 Å². The molecule has 0 amide bonds. The van der Waals surface area contributed by atoms with Crippen LogP contribution in [0.5, 0.6) is 0 Å². The van der Waals surface area contributed by atoms with Crippen LogP contribution in [0.1, 0.15) is 0 Å². The highest BCUT2D eigenvalue weighted by Crippen LogP contribution is 2.28. The van der Waals surface area contributed by atoms with Gasteiger partial charge < -0.3 is 9.40 Å². The van der Waals surface area contributed by atoms with Gasteiger partial charge in [-0.3, -0.25) is 0 Å². The van der Waals surface area contributed by atoms with Gasteiger partial charge in [-0.2, -0.15) is 0 Å². The molecule has 0 aliphatic rings. The van der Waals surface area contributed by atoms with Crippen LogP contribution in [-0.4, -0.2) is 9.97 Å². The standard InChI is InChI=1S/C17H11ClN2O/c18-12-7-5-11(6-8-12)15-9-10-16(21-15)17-19-13-3-1-2-4-14(13)20-17/h1-10H,(H,19,20). The molecule has 0 unspecified atom stereocenters. The first kappa shape index (κ1) is 12.2. The number of imidazole rings is 1. The van der Waals surface area contributed by atoms with Crippen molar-refractivity contribution in [1.29, 1.82) is 0 Å². The Morgan fingerprint density at radius 1 is 0.857 bits per heavy atom. The molecule has 0 aliphatic carbocycles. The number of nitrogens with zero attached hydrogens (tertiary/aromatic N) is 1. The van der Waals surface area contributed by atoms with E-state index in [0.29, 0.717) is 5.02 Å². The molecule has 3 nitrogen and oxygen atoms in total. The lowest BCUT2D eigenvalue weighted by Crippen LogP contribution is -1.75. The first-order valence-corrected chi connectivity index (χ1v) is 6.98. The molecule has 2 aromatic heterocycles. The minimum Gasteiger partial charge on any atom is -0.453 e. The van der Waals surface area contributed by atoms with E-state index in [1.807, 2.05) is 60.7 Å². The van der Waals surface area contributed by atoms with E-state index in [4.69, 9.17) is 16.0 Å². The summed E-state index contributed by atoms with van der Waals surface area (Å²) in [5.41, 5.74) is 2.91. The van der Waals surface area contributed by atoms with Gasteiger partial charge in [0.25, 0.3) is 0 Å². The molecule has 0 fully saturated rings. The molecular formula is C17H11ClN2O. The number of furan rings is 1. The summed E-state index contributed by atoms with van der Waals surface area (Å²) < 4.78 is 5.89. The number of hydrogen-bond acceptors (Lipinski definition) is 2. The minimum atomic E-state index is 0.711. The third kappa shape index (κ3) is 2.22. The zero-order valence-electron chi connectivity index (χ0n) is 11.0. The Bertz CT molecular complexity index is 873.